The van der Waals surface area contributed by atoms with Gasteiger partial charge in [-0.3, -0.25) is 0 Å². The highest BCUT2D eigenvalue weighted by atomic mass is 35.5. The van der Waals surface area contributed by atoms with Crippen LogP contribution in [0.2, 0.25) is 10.0 Å². The third kappa shape index (κ3) is 3.98. The van der Waals surface area contributed by atoms with Gasteiger partial charge in [-0.15, -0.1) is 0 Å². The average Bonchev–Trinajstić information content (AvgIpc) is 2.71. The molecule has 0 amide bonds. The van der Waals surface area contributed by atoms with Gasteiger partial charge >= 0.3 is 0 Å². The van der Waals surface area contributed by atoms with Gasteiger partial charge in [0.25, 0.3) is 0 Å². The molecule has 23 heavy (non-hydrogen) atoms. The second-order valence-electron chi connectivity index (χ2n) is 5.13. The van der Waals surface area contributed by atoms with Crippen molar-refractivity contribution >= 4 is 43.1 Å². The Morgan fingerprint density at radius 2 is 1.87 bits per heavy atom. The molecule has 11 heteroatoms. The van der Waals surface area contributed by atoms with Crippen LogP contribution in [-0.4, -0.2) is 68.2 Å². The average molecular weight is 404 g/mol. The Hall–Kier alpha value is -0.420. The Labute approximate surface area is 144 Å². The van der Waals surface area contributed by atoms with Crippen LogP contribution in [0.4, 0.5) is 0 Å². The van der Waals surface area contributed by atoms with Gasteiger partial charge in [-0.25, -0.2) is 16.8 Å². The van der Waals surface area contributed by atoms with Crippen LogP contribution in [0.5, 0.6) is 0 Å². The monoisotopic (exact) mass is 403 g/mol. The van der Waals surface area contributed by atoms with Crippen LogP contribution in [0.15, 0.2) is 23.1 Å². The highest BCUT2D eigenvalue weighted by Crippen LogP contribution is 2.29. The molecule has 0 radical (unpaired) electrons. The quantitative estimate of drug-likeness (QED) is 0.722. The van der Waals surface area contributed by atoms with E-state index in [1.165, 1.54) is 12.1 Å². The van der Waals surface area contributed by atoms with E-state index < -0.39 is 50.1 Å². The Morgan fingerprint density at radius 1 is 1.22 bits per heavy atom. The van der Waals surface area contributed by atoms with Gasteiger partial charge in [0.05, 0.1) is 45.2 Å². The van der Waals surface area contributed by atoms with Gasteiger partial charge in [0.2, 0.25) is 10.0 Å². The van der Waals surface area contributed by atoms with Crippen molar-refractivity contribution < 1.29 is 27.0 Å². The summed E-state index contributed by atoms with van der Waals surface area (Å²) in [6.07, 6.45) is -1.36. The predicted octanol–water partition coefficient (Wildman–Crippen LogP) is 0.134. The number of aliphatic hydroxyl groups excluding tert-OH is 2. The molecule has 2 N–H and O–H groups in total. The summed E-state index contributed by atoms with van der Waals surface area (Å²) < 4.78 is 49.5. The molecular weight excluding hydrogens is 389 g/mol. The summed E-state index contributed by atoms with van der Waals surface area (Å²) in [6.45, 7) is -0.871. The molecule has 7 nitrogen and oxygen atoms in total. The summed E-state index contributed by atoms with van der Waals surface area (Å²) >= 11 is 11.6. The third-order valence-corrected chi connectivity index (χ3v) is 7.84. The number of sulfone groups is 1. The Morgan fingerprint density at radius 3 is 2.35 bits per heavy atom. The van der Waals surface area contributed by atoms with E-state index in [0.717, 1.165) is 10.4 Å². The smallest absolute Gasteiger partial charge is 0.243 e. The Balaban J connectivity index is 2.45. The number of halogens is 2. The van der Waals surface area contributed by atoms with E-state index in [1.807, 2.05) is 0 Å². The van der Waals surface area contributed by atoms with Crippen LogP contribution in [0, 0.1) is 0 Å². The molecule has 1 aromatic rings. The maximum Gasteiger partial charge on any atom is 0.243 e. The second kappa shape index (κ2) is 6.83. The molecule has 0 bridgehead atoms. The van der Waals surface area contributed by atoms with Crippen LogP contribution in [0.3, 0.4) is 0 Å². The van der Waals surface area contributed by atoms with Crippen molar-refractivity contribution in [3.8, 4) is 0 Å². The van der Waals surface area contributed by atoms with Crippen molar-refractivity contribution in [2.24, 2.45) is 0 Å². The van der Waals surface area contributed by atoms with Crippen molar-refractivity contribution in [1.29, 1.82) is 0 Å². The van der Waals surface area contributed by atoms with Crippen molar-refractivity contribution in [1.82, 2.24) is 4.31 Å². The SMILES string of the molecule is O=S1(=O)C[C@@H](N(CCO)S(=O)(=O)c2ccc(Cl)c(Cl)c2)[C@@H](O)C1. The van der Waals surface area contributed by atoms with Gasteiger partial charge < -0.3 is 10.2 Å². The molecule has 2 rings (SSSR count). The van der Waals surface area contributed by atoms with Crippen LogP contribution in [0.1, 0.15) is 0 Å². The maximum atomic E-state index is 12.7. The van der Waals surface area contributed by atoms with Crippen LogP contribution in [-0.2, 0) is 19.9 Å². The minimum absolute atomic E-state index is 0.0243. The molecule has 130 valence electrons. The molecule has 0 aliphatic carbocycles. The minimum Gasteiger partial charge on any atom is -0.395 e. The summed E-state index contributed by atoms with van der Waals surface area (Å²) in [5.74, 6) is -1.02. The van der Waals surface area contributed by atoms with Gasteiger partial charge in [0.1, 0.15) is 0 Å². The van der Waals surface area contributed by atoms with Crippen LogP contribution >= 0.6 is 23.2 Å². The minimum atomic E-state index is -4.16. The lowest BCUT2D eigenvalue weighted by Crippen LogP contribution is -2.47. The number of hydrogen-bond acceptors (Lipinski definition) is 6. The molecule has 0 unspecified atom stereocenters. The van der Waals surface area contributed by atoms with Crippen LogP contribution < -0.4 is 0 Å². The van der Waals surface area contributed by atoms with Gasteiger partial charge in [-0.2, -0.15) is 4.31 Å². The predicted molar refractivity (Wildman–Crippen MR) is 85.9 cm³/mol. The number of rotatable bonds is 5. The van der Waals surface area contributed by atoms with Gasteiger partial charge in [-0.05, 0) is 18.2 Å². The first kappa shape index (κ1) is 18.9. The van der Waals surface area contributed by atoms with E-state index in [-0.39, 0.29) is 21.5 Å². The van der Waals surface area contributed by atoms with Gasteiger partial charge in [0, 0.05) is 6.54 Å². The lowest BCUT2D eigenvalue weighted by atomic mass is 10.2. The van der Waals surface area contributed by atoms with Crippen LogP contribution in [0.25, 0.3) is 0 Å². The Kier molecular flexibility index (Phi) is 5.62. The van der Waals surface area contributed by atoms with E-state index in [0.29, 0.717) is 0 Å². The van der Waals surface area contributed by atoms with E-state index in [1.54, 1.807) is 0 Å². The van der Waals surface area contributed by atoms with Crippen molar-refractivity contribution in [3.63, 3.8) is 0 Å². The molecule has 0 saturated carbocycles. The highest BCUT2D eigenvalue weighted by Gasteiger charge is 2.44. The molecule has 1 aliphatic rings. The van der Waals surface area contributed by atoms with E-state index in [4.69, 9.17) is 28.3 Å². The molecular formula is C12H15Cl2NO6S2. The lowest BCUT2D eigenvalue weighted by molar-refractivity contribution is 0.117. The first-order valence-electron chi connectivity index (χ1n) is 6.55. The number of hydrogen-bond donors (Lipinski definition) is 2. The first-order valence-corrected chi connectivity index (χ1v) is 10.6. The summed E-state index contributed by atoms with van der Waals surface area (Å²) in [6, 6.07) is 2.51. The molecule has 1 heterocycles. The summed E-state index contributed by atoms with van der Waals surface area (Å²) in [4.78, 5) is -0.197. The molecule has 0 spiro atoms. The molecule has 0 aromatic heterocycles. The molecule has 1 saturated heterocycles. The lowest BCUT2D eigenvalue weighted by Gasteiger charge is -2.28. The summed E-state index contributed by atoms with van der Waals surface area (Å²) in [7, 11) is -7.71. The van der Waals surface area contributed by atoms with Crippen molar-refractivity contribution in [3.05, 3.63) is 28.2 Å². The van der Waals surface area contributed by atoms with Gasteiger partial charge in [-0.1, -0.05) is 23.2 Å². The standard InChI is InChI=1S/C12H15Cl2NO6S2/c13-9-2-1-8(5-10(9)14)23(20,21)15(3-4-16)11-6-22(18,19)7-12(11)17/h1-2,5,11-12,16-17H,3-4,6-7H2/t11-,12+/m1/s1. The van der Waals surface area contributed by atoms with E-state index >= 15 is 0 Å². The largest absolute Gasteiger partial charge is 0.395 e. The van der Waals surface area contributed by atoms with Gasteiger partial charge in [0.15, 0.2) is 9.84 Å². The number of sulfonamides is 1. The third-order valence-electron chi connectivity index (χ3n) is 3.48. The topological polar surface area (TPSA) is 112 Å². The fourth-order valence-corrected chi connectivity index (χ4v) is 6.35. The number of nitrogens with zero attached hydrogens (tertiary/aromatic N) is 1. The molecule has 1 fully saturated rings. The Bertz CT molecular complexity index is 796. The van der Waals surface area contributed by atoms with Crippen molar-refractivity contribution in [2.45, 2.75) is 17.0 Å². The zero-order valence-corrected chi connectivity index (χ0v) is 14.9. The summed E-state index contributed by atoms with van der Waals surface area (Å²) in [5.41, 5.74) is 0. The zero-order chi connectivity index (χ0) is 17.4. The van der Waals surface area contributed by atoms with E-state index in [9.17, 15) is 21.9 Å². The fraction of sp³-hybridized carbons (Fsp3) is 0.500. The number of aliphatic hydroxyl groups is 2. The summed E-state index contributed by atoms with van der Waals surface area (Å²) in [5, 5.41) is 19.2. The molecule has 2 atom stereocenters. The molecule has 1 aromatic carbocycles. The first-order chi connectivity index (χ1) is 10.6. The normalized spacial score (nSPS) is 24.2. The van der Waals surface area contributed by atoms with E-state index in [2.05, 4.69) is 0 Å². The molecule has 1 aliphatic heterocycles. The number of benzene rings is 1. The fourth-order valence-electron chi connectivity index (χ4n) is 2.42. The maximum absolute atomic E-state index is 12.7. The highest BCUT2D eigenvalue weighted by molar-refractivity contribution is 7.92. The van der Waals surface area contributed by atoms with Crippen molar-refractivity contribution in [2.75, 3.05) is 24.7 Å². The second-order valence-corrected chi connectivity index (χ2v) is 9.99. The zero-order valence-electron chi connectivity index (χ0n) is 11.8.